The van der Waals surface area contributed by atoms with Crippen molar-refractivity contribution < 1.29 is 14.3 Å². The molecule has 1 fully saturated rings. The van der Waals surface area contributed by atoms with E-state index in [1.807, 2.05) is 43.3 Å². The molecule has 1 saturated heterocycles. The predicted molar refractivity (Wildman–Crippen MR) is 144 cm³/mol. The first-order valence-corrected chi connectivity index (χ1v) is 12.3. The van der Waals surface area contributed by atoms with Gasteiger partial charge in [-0.1, -0.05) is 31.2 Å². The fourth-order valence-electron chi connectivity index (χ4n) is 4.42. The van der Waals surface area contributed by atoms with Gasteiger partial charge in [-0.2, -0.15) is 5.26 Å². The van der Waals surface area contributed by atoms with Crippen LogP contribution in [0.3, 0.4) is 0 Å². The Morgan fingerprint density at radius 3 is 2.54 bits per heavy atom. The molecule has 5 rings (SSSR count). The molecule has 39 heavy (non-hydrogen) atoms. The van der Waals surface area contributed by atoms with E-state index in [1.54, 1.807) is 37.3 Å². The van der Waals surface area contributed by atoms with E-state index in [1.165, 1.54) is 15.5 Å². The van der Waals surface area contributed by atoms with Crippen LogP contribution in [0, 0.1) is 16.7 Å². The average Bonchev–Trinajstić information content (AvgIpc) is 3.19. The molecule has 1 amide bonds. The van der Waals surface area contributed by atoms with Crippen molar-refractivity contribution in [3.05, 3.63) is 83.1 Å². The fourth-order valence-corrected chi connectivity index (χ4v) is 4.42. The summed E-state index contributed by atoms with van der Waals surface area (Å²) < 4.78 is 13.9. The second-order valence-corrected chi connectivity index (χ2v) is 9.76. The van der Waals surface area contributed by atoms with Crippen LogP contribution in [0.4, 0.5) is 5.82 Å². The maximum Gasteiger partial charge on any atom is 0.335 e. The second kappa shape index (κ2) is 10.4. The number of rotatable bonds is 8. The smallest absolute Gasteiger partial charge is 0.335 e. The largest absolute Gasteiger partial charge is 0.457 e. The van der Waals surface area contributed by atoms with Gasteiger partial charge in [-0.25, -0.2) is 14.8 Å². The van der Waals surface area contributed by atoms with Crippen LogP contribution in [0.5, 0.6) is 11.5 Å². The van der Waals surface area contributed by atoms with Gasteiger partial charge in [-0.3, -0.25) is 13.9 Å². The van der Waals surface area contributed by atoms with Crippen molar-refractivity contribution in [2.45, 2.75) is 26.4 Å². The Hall–Kier alpha value is -4.95. The van der Waals surface area contributed by atoms with Crippen molar-refractivity contribution >= 4 is 22.9 Å². The average molecular weight is 526 g/mol. The van der Waals surface area contributed by atoms with Crippen LogP contribution in [0.25, 0.3) is 16.9 Å². The quantitative estimate of drug-likeness (QED) is 0.263. The molecule has 3 heterocycles. The summed E-state index contributed by atoms with van der Waals surface area (Å²) in [5.41, 5.74) is 6.68. The van der Waals surface area contributed by atoms with Crippen LogP contribution in [-0.4, -0.2) is 44.3 Å². The number of hydrogen-bond acceptors (Lipinski definition) is 8. The molecule has 0 aliphatic carbocycles. The van der Waals surface area contributed by atoms with Gasteiger partial charge >= 0.3 is 5.69 Å². The molecule has 11 heteroatoms. The number of para-hydroxylation sites is 1. The summed E-state index contributed by atoms with van der Waals surface area (Å²) in [7, 11) is 0. The molecule has 0 bridgehead atoms. The van der Waals surface area contributed by atoms with E-state index >= 15 is 0 Å². The maximum absolute atomic E-state index is 13.6. The number of nitrogen functional groups attached to an aromatic ring is 1. The molecule has 198 valence electrons. The topological polar surface area (TPSA) is 150 Å². The lowest BCUT2D eigenvalue weighted by Gasteiger charge is -2.35. The minimum atomic E-state index is -0.516. The van der Waals surface area contributed by atoms with Gasteiger partial charge in [0, 0.05) is 18.0 Å². The normalized spacial score (nSPS) is 15.3. The van der Waals surface area contributed by atoms with Gasteiger partial charge in [-0.15, -0.1) is 0 Å². The van der Waals surface area contributed by atoms with Crippen LogP contribution < -0.4 is 21.5 Å². The van der Waals surface area contributed by atoms with Crippen LogP contribution in [-0.2, 0) is 16.1 Å². The summed E-state index contributed by atoms with van der Waals surface area (Å²) in [6.07, 6.45) is 2.92. The number of nitrogens with zero attached hydrogens (tertiary/aromatic N) is 5. The van der Waals surface area contributed by atoms with Crippen molar-refractivity contribution in [3.8, 4) is 23.3 Å². The molecule has 0 unspecified atom stereocenters. The zero-order chi connectivity index (χ0) is 27.6. The van der Waals surface area contributed by atoms with Crippen molar-refractivity contribution in [2.24, 2.45) is 5.41 Å². The van der Waals surface area contributed by atoms with E-state index in [2.05, 4.69) is 15.3 Å². The van der Waals surface area contributed by atoms with Crippen molar-refractivity contribution in [3.63, 3.8) is 0 Å². The highest BCUT2D eigenvalue weighted by atomic mass is 16.5. The summed E-state index contributed by atoms with van der Waals surface area (Å²) in [5.74, 6) is 0.920. The lowest BCUT2D eigenvalue weighted by atomic mass is 9.86. The Kier molecular flexibility index (Phi) is 6.87. The monoisotopic (exact) mass is 525 g/mol. The third kappa shape index (κ3) is 5.23. The number of nitrogens with two attached hydrogens (primary N) is 1. The lowest BCUT2D eigenvalue weighted by Crippen LogP contribution is -2.41. The summed E-state index contributed by atoms with van der Waals surface area (Å²) in [6.45, 7) is 4.67. The van der Waals surface area contributed by atoms with Crippen LogP contribution in [0.15, 0.2) is 77.4 Å². The molecule has 0 spiro atoms. The van der Waals surface area contributed by atoms with E-state index in [9.17, 15) is 14.9 Å². The molecule has 2 aromatic heterocycles. The number of anilines is 1. The van der Waals surface area contributed by atoms with Gasteiger partial charge in [0.15, 0.2) is 11.5 Å². The first-order valence-electron chi connectivity index (χ1n) is 12.3. The highest BCUT2D eigenvalue weighted by Crippen LogP contribution is 2.29. The van der Waals surface area contributed by atoms with E-state index in [4.69, 9.17) is 15.2 Å². The zero-order valence-electron chi connectivity index (χ0n) is 21.5. The van der Waals surface area contributed by atoms with Gasteiger partial charge in [0.05, 0.1) is 18.9 Å². The summed E-state index contributed by atoms with van der Waals surface area (Å²) in [6, 6.07) is 17.8. The van der Waals surface area contributed by atoms with E-state index in [0.29, 0.717) is 41.6 Å². The van der Waals surface area contributed by atoms with Gasteiger partial charge in [-0.05, 0) is 43.3 Å². The van der Waals surface area contributed by atoms with Gasteiger partial charge in [0.25, 0.3) is 5.91 Å². The number of aromatic nitrogens is 4. The number of ether oxygens (including phenoxy) is 2. The predicted octanol–water partition coefficient (Wildman–Crippen LogP) is 2.95. The summed E-state index contributed by atoms with van der Waals surface area (Å²) in [4.78, 5) is 34.8. The van der Waals surface area contributed by atoms with Crippen LogP contribution >= 0.6 is 0 Å². The van der Waals surface area contributed by atoms with Crippen molar-refractivity contribution in [2.75, 3.05) is 18.9 Å². The van der Waals surface area contributed by atoms with Crippen LogP contribution in [0.2, 0.25) is 0 Å². The third-order valence-corrected chi connectivity index (χ3v) is 6.36. The second-order valence-electron chi connectivity index (χ2n) is 9.76. The Morgan fingerprint density at radius 1 is 1.21 bits per heavy atom. The third-order valence-electron chi connectivity index (χ3n) is 6.36. The molecule has 4 aromatic rings. The first kappa shape index (κ1) is 25.7. The Labute approximate surface area is 224 Å². The molecule has 1 aliphatic heterocycles. The number of benzene rings is 2. The summed E-state index contributed by atoms with van der Waals surface area (Å²) in [5, 5.41) is 12.3. The van der Waals surface area contributed by atoms with E-state index in [0.717, 1.165) is 0 Å². The SMILES string of the molecule is C[C@@H](Cn1c(=O)n(-c2ccc(Oc3ccccc3)cc2)c2c(N)ncnc21)NC(=O)/C(C#N)=C\C1(C)COC1. The standard InChI is InChI=1S/C28H27N7O4/c1-18(33-26(36)19(13-29)12-28(2)15-38-16-28)14-34-25-23(24(30)31-17-32-25)35(27(34)37)20-8-10-22(11-9-20)39-21-6-4-3-5-7-21/h3-12,17-18H,14-16H2,1-2H3,(H,33,36)(H2,30,31,32)/b19-12-/t18-/m0/s1. The molecule has 11 nitrogen and oxygen atoms in total. The number of carbonyl (C=O) groups is 1. The minimum absolute atomic E-state index is 0.00630. The highest BCUT2D eigenvalue weighted by Gasteiger charge is 2.33. The Balaban J connectivity index is 1.42. The fraction of sp³-hybridized carbons (Fsp3) is 0.250. The molecule has 0 saturated carbocycles. The molecule has 3 N–H and O–H groups in total. The van der Waals surface area contributed by atoms with Gasteiger partial charge < -0.3 is 20.5 Å². The molecule has 1 aliphatic rings. The van der Waals surface area contributed by atoms with Crippen molar-refractivity contribution in [1.82, 2.24) is 24.4 Å². The van der Waals surface area contributed by atoms with Gasteiger partial charge in [0.1, 0.15) is 35.0 Å². The number of carbonyl (C=O) groups excluding carboxylic acids is 1. The maximum atomic E-state index is 13.6. The Morgan fingerprint density at radius 2 is 1.90 bits per heavy atom. The highest BCUT2D eigenvalue weighted by molar-refractivity contribution is 5.97. The number of nitrogens with one attached hydrogen (secondary N) is 1. The molecular weight excluding hydrogens is 498 g/mol. The first-order chi connectivity index (χ1) is 18.8. The number of fused-ring (bicyclic) bond motifs is 1. The summed E-state index contributed by atoms with van der Waals surface area (Å²) >= 11 is 0. The minimum Gasteiger partial charge on any atom is -0.457 e. The van der Waals surface area contributed by atoms with Crippen molar-refractivity contribution in [1.29, 1.82) is 5.26 Å². The van der Waals surface area contributed by atoms with Gasteiger partial charge in [0.2, 0.25) is 0 Å². The molecule has 2 aromatic carbocycles. The molecule has 0 radical (unpaired) electrons. The number of imidazole rings is 1. The number of hydrogen-bond donors (Lipinski definition) is 2. The Bertz CT molecular complexity index is 1650. The van der Waals surface area contributed by atoms with E-state index in [-0.39, 0.29) is 23.4 Å². The lowest BCUT2D eigenvalue weighted by molar-refractivity contribution is -0.118. The zero-order valence-corrected chi connectivity index (χ0v) is 21.5. The molecular formula is C28H27N7O4. The van der Waals surface area contributed by atoms with E-state index < -0.39 is 17.6 Å². The number of nitriles is 1. The molecule has 1 atom stereocenters. The van der Waals surface area contributed by atoms with Crippen LogP contribution in [0.1, 0.15) is 13.8 Å². The number of amides is 1.